The summed E-state index contributed by atoms with van der Waals surface area (Å²) in [6.45, 7) is 1.82. The number of nitrogens with zero attached hydrogens (tertiary/aromatic N) is 1. The molecule has 164 valence electrons. The van der Waals surface area contributed by atoms with E-state index >= 15 is 0 Å². The Bertz CT molecular complexity index is 974. The van der Waals surface area contributed by atoms with Gasteiger partial charge in [-0.15, -0.1) is 0 Å². The monoisotopic (exact) mass is 426 g/mol. The van der Waals surface area contributed by atoms with Crippen molar-refractivity contribution in [2.75, 3.05) is 14.2 Å². The minimum absolute atomic E-state index is 0.0297. The van der Waals surface area contributed by atoms with E-state index in [-0.39, 0.29) is 29.5 Å². The van der Waals surface area contributed by atoms with E-state index in [9.17, 15) is 18.8 Å². The fourth-order valence-electron chi connectivity index (χ4n) is 3.93. The lowest BCUT2D eigenvalue weighted by molar-refractivity contribution is -0.121. The van der Waals surface area contributed by atoms with E-state index < -0.39 is 11.8 Å². The summed E-state index contributed by atoms with van der Waals surface area (Å²) in [5.41, 5.74) is 1.60. The highest BCUT2D eigenvalue weighted by Gasteiger charge is 2.30. The molecule has 1 saturated carbocycles. The highest BCUT2D eigenvalue weighted by Crippen LogP contribution is 2.27. The van der Waals surface area contributed by atoms with Gasteiger partial charge < -0.3 is 15.0 Å². The zero-order valence-electron chi connectivity index (χ0n) is 18.0. The molecule has 1 aliphatic carbocycles. The first-order valence-electron chi connectivity index (χ1n) is 10.4. The zero-order chi connectivity index (χ0) is 22.5. The van der Waals surface area contributed by atoms with Crippen molar-refractivity contribution in [2.24, 2.45) is 0 Å². The van der Waals surface area contributed by atoms with Gasteiger partial charge in [0.2, 0.25) is 5.91 Å². The van der Waals surface area contributed by atoms with Gasteiger partial charge in [0.1, 0.15) is 5.82 Å². The van der Waals surface area contributed by atoms with E-state index in [0.29, 0.717) is 23.1 Å². The number of methoxy groups -OCH3 is 1. The number of carbonyl (C=O) groups is 3. The molecule has 0 bridgehead atoms. The Morgan fingerprint density at radius 1 is 1.10 bits per heavy atom. The standard InChI is InChI=1S/C24H27FN2O4/c1-4-22(28)26-18-10-11-19(14-18)27(2)23(29)16-7-5-15(6-8-16)20-12-9-17(13-21(20)25)24(30)31-3/h5-9,12-13,18-19H,4,10-11,14H2,1-3H3,(H,26,28)/t18?,19-/m0/s1. The van der Waals surface area contributed by atoms with Crippen molar-refractivity contribution in [1.82, 2.24) is 10.2 Å². The predicted molar refractivity (Wildman–Crippen MR) is 115 cm³/mol. The molecule has 2 atom stereocenters. The van der Waals surface area contributed by atoms with Gasteiger partial charge in [-0.25, -0.2) is 9.18 Å². The van der Waals surface area contributed by atoms with Gasteiger partial charge in [0.25, 0.3) is 5.91 Å². The van der Waals surface area contributed by atoms with Crippen LogP contribution in [0.25, 0.3) is 11.1 Å². The summed E-state index contributed by atoms with van der Waals surface area (Å²) in [6.07, 6.45) is 2.89. The van der Waals surface area contributed by atoms with Crippen molar-refractivity contribution >= 4 is 17.8 Å². The predicted octanol–water partition coefficient (Wildman–Crippen LogP) is 3.80. The van der Waals surface area contributed by atoms with Crippen molar-refractivity contribution < 1.29 is 23.5 Å². The van der Waals surface area contributed by atoms with Crippen LogP contribution in [-0.2, 0) is 9.53 Å². The van der Waals surface area contributed by atoms with E-state index in [1.165, 1.54) is 19.2 Å². The van der Waals surface area contributed by atoms with E-state index in [2.05, 4.69) is 10.1 Å². The van der Waals surface area contributed by atoms with Crippen LogP contribution in [0, 0.1) is 5.82 Å². The largest absolute Gasteiger partial charge is 0.465 e. The number of hydrogen-bond donors (Lipinski definition) is 1. The van der Waals surface area contributed by atoms with Crippen molar-refractivity contribution in [1.29, 1.82) is 0 Å². The van der Waals surface area contributed by atoms with Gasteiger partial charge in [0.05, 0.1) is 12.7 Å². The van der Waals surface area contributed by atoms with E-state index in [1.54, 1.807) is 36.2 Å². The second-order valence-corrected chi connectivity index (χ2v) is 7.76. The first-order chi connectivity index (χ1) is 14.8. The summed E-state index contributed by atoms with van der Waals surface area (Å²) in [4.78, 5) is 37.8. The van der Waals surface area contributed by atoms with Gasteiger partial charge in [0.15, 0.2) is 0 Å². The maximum Gasteiger partial charge on any atom is 0.337 e. The molecule has 3 rings (SSSR count). The Morgan fingerprint density at radius 3 is 2.39 bits per heavy atom. The van der Waals surface area contributed by atoms with Crippen LogP contribution < -0.4 is 5.32 Å². The molecule has 0 saturated heterocycles. The van der Waals surface area contributed by atoms with Gasteiger partial charge >= 0.3 is 5.97 Å². The van der Waals surface area contributed by atoms with Gasteiger partial charge in [0, 0.05) is 36.7 Å². The number of benzene rings is 2. The zero-order valence-corrected chi connectivity index (χ0v) is 18.0. The van der Waals surface area contributed by atoms with Crippen LogP contribution >= 0.6 is 0 Å². The fourth-order valence-corrected chi connectivity index (χ4v) is 3.93. The van der Waals surface area contributed by atoms with Crippen LogP contribution in [-0.4, -0.2) is 48.9 Å². The van der Waals surface area contributed by atoms with Crippen molar-refractivity contribution in [3.63, 3.8) is 0 Å². The van der Waals surface area contributed by atoms with Crippen LogP contribution in [0.2, 0.25) is 0 Å². The molecule has 1 aliphatic rings. The smallest absolute Gasteiger partial charge is 0.337 e. The summed E-state index contributed by atoms with van der Waals surface area (Å²) in [7, 11) is 3.02. The molecule has 6 nitrogen and oxygen atoms in total. The molecule has 1 fully saturated rings. The Kier molecular flexibility index (Phi) is 7.05. The van der Waals surface area contributed by atoms with Crippen molar-refractivity contribution in [2.45, 2.75) is 44.7 Å². The molecule has 0 radical (unpaired) electrons. The van der Waals surface area contributed by atoms with E-state index in [0.717, 1.165) is 25.3 Å². The SMILES string of the molecule is CCC(=O)NC1CC[C@H](N(C)C(=O)c2ccc(-c3ccc(C(=O)OC)cc3F)cc2)C1. The molecule has 0 aliphatic heterocycles. The van der Waals surface area contributed by atoms with Crippen LogP contribution in [0.1, 0.15) is 53.3 Å². The summed E-state index contributed by atoms with van der Waals surface area (Å²) in [6, 6.07) is 11.1. The molecule has 2 aromatic rings. The van der Waals surface area contributed by atoms with E-state index in [4.69, 9.17) is 0 Å². The maximum absolute atomic E-state index is 14.5. The average molecular weight is 426 g/mol. The molecule has 0 heterocycles. The number of esters is 1. The fraction of sp³-hybridized carbons (Fsp3) is 0.375. The number of ether oxygens (including phenoxy) is 1. The number of carbonyl (C=O) groups excluding carboxylic acids is 3. The first kappa shape index (κ1) is 22.5. The Balaban J connectivity index is 1.68. The maximum atomic E-state index is 14.5. The Labute approximate surface area is 181 Å². The van der Waals surface area contributed by atoms with Crippen LogP contribution in [0.3, 0.4) is 0 Å². The number of amides is 2. The van der Waals surface area contributed by atoms with Crippen LogP contribution in [0.4, 0.5) is 4.39 Å². The highest BCUT2D eigenvalue weighted by molar-refractivity contribution is 5.95. The minimum atomic E-state index is -0.599. The van der Waals surface area contributed by atoms with E-state index in [1.807, 2.05) is 6.92 Å². The number of rotatable bonds is 6. The number of nitrogens with one attached hydrogen (secondary N) is 1. The lowest BCUT2D eigenvalue weighted by Gasteiger charge is -2.25. The van der Waals surface area contributed by atoms with Gasteiger partial charge in [-0.05, 0) is 49.1 Å². The topological polar surface area (TPSA) is 75.7 Å². The second kappa shape index (κ2) is 9.73. The third-order valence-electron chi connectivity index (χ3n) is 5.79. The molecule has 7 heteroatoms. The number of halogens is 1. The number of hydrogen-bond acceptors (Lipinski definition) is 4. The highest BCUT2D eigenvalue weighted by atomic mass is 19.1. The summed E-state index contributed by atoms with van der Waals surface area (Å²) in [5.74, 6) is -1.22. The first-order valence-corrected chi connectivity index (χ1v) is 10.4. The third-order valence-corrected chi connectivity index (χ3v) is 5.79. The lowest BCUT2D eigenvalue weighted by atomic mass is 10.0. The quantitative estimate of drug-likeness (QED) is 0.713. The molecule has 1 unspecified atom stereocenters. The summed E-state index contributed by atoms with van der Waals surface area (Å²) >= 11 is 0. The van der Waals surface area contributed by atoms with Gasteiger partial charge in [-0.3, -0.25) is 9.59 Å². The van der Waals surface area contributed by atoms with Gasteiger partial charge in [-0.2, -0.15) is 0 Å². The van der Waals surface area contributed by atoms with Crippen LogP contribution in [0.5, 0.6) is 0 Å². The minimum Gasteiger partial charge on any atom is -0.465 e. The summed E-state index contributed by atoms with van der Waals surface area (Å²) in [5, 5.41) is 3.00. The molecule has 0 aromatic heterocycles. The molecule has 2 amide bonds. The Hall–Kier alpha value is -3.22. The molecule has 0 spiro atoms. The van der Waals surface area contributed by atoms with Gasteiger partial charge in [-0.1, -0.05) is 25.1 Å². The summed E-state index contributed by atoms with van der Waals surface area (Å²) < 4.78 is 19.1. The Morgan fingerprint density at radius 2 is 1.77 bits per heavy atom. The molecular weight excluding hydrogens is 399 g/mol. The van der Waals surface area contributed by atoms with Crippen molar-refractivity contribution in [3.8, 4) is 11.1 Å². The normalized spacial score (nSPS) is 17.8. The second-order valence-electron chi connectivity index (χ2n) is 7.76. The molecule has 31 heavy (non-hydrogen) atoms. The third kappa shape index (κ3) is 5.10. The van der Waals surface area contributed by atoms with Crippen molar-refractivity contribution in [3.05, 3.63) is 59.4 Å². The van der Waals surface area contributed by atoms with Crippen LogP contribution in [0.15, 0.2) is 42.5 Å². The molecule has 2 aromatic carbocycles. The lowest BCUT2D eigenvalue weighted by Crippen LogP contribution is -2.38. The average Bonchev–Trinajstić information content (AvgIpc) is 3.25. The molecular formula is C24H27FN2O4. The molecule has 1 N–H and O–H groups in total.